The normalized spacial score (nSPS) is 22.5. The second kappa shape index (κ2) is 10.2. The van der Waals surface area contributed by atoms with E-state index in [9.17, 15) is 4.79 Å². The number of likely N-dealkylation sites (tertiary alicyclic amines) is 1. The zero-order valence-corrected chi connectivity index (χ0v) is 20.1. The van der Waals surface area contributed by atoms with E-state index in [0.717, 1.165) is 42.7 Å². The van der Waals surface area contributed by atoms with Gasteiger partial charge in [0.15, 0.2) is 0 Å². The third kappa shape index (κ3) is 5.53. The first-order valence-corrected chi connectivity index (χ1v) is 12.0. The first kappa shape index (κ1) is 23.6. The lowest BCUT2D eigenvalue weighted by Crippen LogP contribution is -2.52. The van der Waals surface area contributed by atoms with E-state index < -0.39 is 0 Å². The van der Waals surface area contributed by atoms with E-state index in [0.29, 0.717) is 25.4 Å². The Morgan fingerprint density at radius 1 is 1.27 bits per heavy atom. The lowest BCUT2D eigenvalue weighted by molar-refractivity contribution is -0.190. The Hall–Kier alpha value is -2.51. The van der Waals surface area contributed by atoms with Gasteiger partial charge in [-0.2, -0.15) is 0 Å². The van der Waals surface area contributed by atoms with Crippen LogP contribution in [0.4, 0.5) is 0 Å². The molecule has 2 aliphatic rings. The number of aryl methyl sites for hydroxylation is 1. The molecule has 2 aliphatic heterocycles. The Morgan fingerprint density at radius 3 is 2.70 bits per heavy atom. The van der Waals surface area contributed by atoms with Crippen molar-refractivity contribution in [1.82, 2.24) is 14.9 Å². The number of ether oxygens (including phenoxy) is 3. The van der Waals surface area contributed by atoms with Crippen molar-refractivity contribution in [1.29, 1.82) is 0 Å². The van der Waals surface area contributed by atoms with E-state index in [-0.39, 0.29) is 29.8 Å². The monoisotopic (exact) mass is 453 g/mol. The van der Waals surface area contributed by atoms with E-state index in [4.69, 9.17) is 14.2 Å². The van der Waals surface area contributed by atoms with Crippen LogP contribution in [-0.4, -0.2) is 58.3 Å². The Labute approximate surface area is 196 Å². The molecule has 0 aliphatic carbocycles. The number of carbonyl (C=O) groups is 1. The summed E-state index contributed by atoms with van der Waals surface area (Å²) >= 11 is 0. The smallest absolute Gasteiger partial charge is 0.272 e. The summed E-state index contributed by atoms with van der Waals surface area (Å²) in [5, 5.41) is 0. The van der Waals surface area contributed by atoms with Gasteiger partial charge in [-0.1, -0.05) is 6.07 Å². The lowest BCUT2D eigenvalue weighted by Gasteiger charge is -2.48. The molecule has 2 saturated heterocycles. The SMILES string of the molecule is CCOC1CC(c2cccnc2)OC2(CCN(C(=O)c3ccc(OC(C)C)c(C)n3)CC2)C1. The highest BCUT2D eigenvalue weighted by Crippen LogP contribution is 2.44. The predicted octanol–water partition coefficient (Wildman–Crippen LogP) is 4.50. The molecular formula is C26H35N3O4. The van der Waals surface area contributed by atoms with Gasteiger partial charge in [0.2, 0.25) is 0 Å². The number of rotatable bonds is 6. The molecule has 178 valence electrons. The molecule has 2 aromatic rings. The lowest BCUT2D eigenvalue weighted by atomic mass is 9.81. The van der Waals surface area contributed by atoms with E-state index >= 15 is 0 Å². The van der Waals surface area contributed by atoms with Crippen molar-refractivity contribution in [2.45, 2.75) is 77.3 Å². The molecule has 4 heterocycles. The van der Waals surface area contributed by atoms with Gasteiger partial charge >= 0.3 is 0 Å². The third-order valence-electron chi connectivity index (χ3n) is 6.51. The van der Waals surface area contributed by atoms with Crippen LogP contribution in [-0.2, 0) is 9.47 Å². The first-order chi connectivity index (χ1) is 15.9. The number of nitrogens with zero attached hydrogens (tertiary/aromatic N) is 3. The van der Waals surface area contributed by atoms with Gasteiger partial charge in [-0.05, 0) is 64.3 Å². The molecule has 1 amide bonds. The summed E-state index contributed by atoms with van der Waals surface area (Å²) in [4.78, 5) is 23.8. The fraction of sp³-hybridized carbons (Fsp3) is 0.577. The largest absolute Gasteiger partial charge is 0.489 e. The van der Waals surface area contributed by atoms with E-state index in [1.807, 2.05) is 50.9 Å². The molecule has 2 aromatic heterocycles. The maximum Gasteiger partial charge on any atom is 0.272 e. The van der Waals surface area contributed by atoms with Gasteiger partial charge in [-0.25, -0.2) is 4.98 Å². The van der Waals surface area contributed by atoms with E-state index in [1.165, 1.54) is 0 Å². The van der Waals surface area contributed by atoms with Crippen molar-refractivity contribution < 1.29 is 19.0 Å². The summed E-state index contributed by atoms with van der Waals surface area (Å²) in [5.74, 6) is 0.684. The maximum absolute atomic E-state index is 13.2. The van der Waals surface area contributed by atoms with Crippen LogP contribution in [0.5, 0.6) is 5.75 Å². The van der Waals surface area contributed by atoms with Crippen LogP contribution in [0.3, 0.4) is 0 Å². The average molecular weight is 454 g/mol. The molecule has 0 aromatic carbocycles. The van der Waals surface area contributed by atoms with Crippen molar-refractivity contribution in [2.75, 3.05) is 19.7 Å². The molecule has 7 nitrogen and oxygen atoms in total. The topological polar surface area (TPSA) is 73.8 Å². The van der Waals surface area contributed by atoms with Crippen LogP contribution in [0, 0.1) is 6.92 Å². The minimum Gasteiger partial charge on any atom is -0.489 e. The summed E-state index contributed by atoms with van der Waals surface area (Å²) in [6.45, 7) is 9.84. The molecule has 2 unspecified atom stereocenters. The minimum absolute atomic E-state index is 0.0370. The molecule has 33 heavy (non-hydrogen) atoms. The number of amides is 1. The quantitative estimate of drug-likeness (QED) is 0.641. The van der Waals surface area contributed by atoms with Gasteiger partial charge in [0.1, 0.15) is 11.4 Å². The Morgan fingerprint density at radius 2 is 2.06 bits per heavy atom. The number of carbonyl (C=O) groups excluding carboxylic acids is 1. The molecule has 2 atom stereocenters. The van der Waals surface area contributed by atoms with Crippen LogP contribution in [0.15, 0.2) is 36.7 Å². The summed E-state index contributed by atoms with van der Waals surface area (Å²) in [6.07, 6.45) is 7.10. The highest BCUT2D eigenvalue weighted by Gasteiger charge is 2.45. The molecule has 0 bridgehead atoms. The number of hydrogen-bond donors (Lipinski definition) is 0. The van der Waals surface area contributed by atoms with Crippen molar-refractivity contribution >= 4 is 5.91 Å². The fourth-order valence-electron chi connectivity index (χ4n) is 4.92. The molecule has 7 heteroatoms. The summed E-state index contributed by atoms with van der Waals surface area (Å²) in [6, 6.07) is 7.62. The zero-order chi connectivity index (χ0) is 23.4. The van der Waals surface area contributed by atoms with Crippen LogP contribution in [0.25, 0.3) is 0 Å². The van der Waals surface area contributed by atoms with Gasteiger partial charge in [0, 0.05) is 44.9 Å². The summed E-state index contributed by atoms with van der Waals surface area (Å²) in [7, 11) is 0. The Balaban J connectivity index is 1.44. The number of aromatic nitrogens is 2. The standard InChI is InChI=1S/C26H35N3O4/c1-5-31-21-15-24(20-7-6-12-27-17-20)33-26(16-21)10-13-29(14-11-26)25(30)22-8-9-23(19(4)28-22)32-18(2)3/h6-9,12,17-18,21,24H,5,10-11,13-16H2,1-4H3. The number of hydrogen-bond acceptors (Lipinski definition) is 6. The number of pyridine rings is 2. The highest BCUT2D eigenvalue weighted by molar-refractivity contribution is 5.92. The van der Waals surface area contributed by atoms with Gasteiger partial charge < -0.3 is 19.1 Å². The van der Waals surface area contributed by atoms with Crippen LogP contribution < -0.4 is 4.74 Å². The minimum atomic E-state index is -0.284. The molecule has 1 spiro atoms. The van der Waals surface area contributed by atoms with Crippen molar-refractivity contribution in [3.05, 3.63) is 53.6 Å². The highest BCUT2D eigenvalue weighted by atomic mass is 16.5. The van der Waals surface area contributed by atoms with E-state index in [1.54, 1.807) is 12.3 Å². The van der Waals surface area contributed by atoms with Crippen LogP contribution in [0.1, 0.15) is 74.3 Å². The van der Waals surface area contributed by atoms with Crippen LogP contribution >= 0.6 is 0 Å². The third-order valence-corrected chi connectivity index (χ3v) is 6.51. The van der Waals surface area contributed by atoms with Crippen molar-refractivity contribution in [2.24, 2.45) is 0 Å². The second-order valence-corrected chi connectivity index (χ2v) is 9.33. The van der Waals surface area contributed by atoms with Gasteiger partial charge in [-0.15, -0.1) is 0 Å². The Kier molecular flexibility index (Phi) is 7.29. The van der Waals surface area contributed by atoms with Crippen molar-refractivity contribution in [3.8, 4) is 5.75 Å². The Bertz CT molecular complexity index is 942. The maximum atomic E-state index is 13.2. The first-order valence-electron chi connectivity index (χ1n) is 12.0. The summed E-state index contributed by atoms with van der Waals surface area (Å²) in [5.41, 5.74) is 2.00. The fourth-order valence-corrected chi connectivity index (χ4v) is 4.92. The molecule has 0 N–H and O–H groups in total. The number of piperidine rings is 1. The molecular weight excluding hydrogens is 418 g/mol. The van der Waals surface area contributed by atoms with Gasteiger partial charge in [-0.3, -0.25) is 9.78 Å². The second-order valence-electron chi connectivity index (χ2n) is 9.33. The molecule has 2 fully saturated rings. The zero-order valence-electron chi connectivity index (χ0n) is 20.1. The molecule has 0 saturated carbocycles. The average Bonchev–Trinajstić information content (AvgIpc) is 2.81. The van der Waals surface area contributed by atoms with Crippen molar-refractivity contribution in [3.63, 3.8) is 0 Å². The van der Waals surface area contributed by atoms with Gasteiger partial charge in [0.05, 0.1) is 29.6 Å². The van der Waals surface area contributed by atoms with E-state index in [2.05, 4.69) is 16.0 Å². The predicted molar refractivity (Wildman–Crippen MR) is 125 cm³/mol. The van der Waals surface area contributed by atoms with Crippen LogP contribution in [0.2, 0.25) is 0 Å². The molecule has 0 radical (unpaired) electrons. The molecule has 4 rings (SSSR count). The van der Waals surface area contributed by atoms with Gasteiger partial charge in [0.25, 0.3) is 5.91 Å². The summed E-state index contributed by atoms with van der Waals surface area (Å²) < 4.78 is 18.5.